The van der Waals surface area contributed by atoms with Crippen LogP contribution >= 0.6 is 0 Å². The summed E-state index contributed by atoms with van der Waals surface area (Å²) in [6.45, 7) is -0.148. The Labute approximate surface area is 104 Å². The first kappa shape index (κ1) is 13.0. The van der Waals surface area contributed by atoms with Crippen molar-refractivity contribution in [2.75, 3.05) is 6.67 Å². The first-order valence-corrected chi connectivity index (χ1v) is 7.37. The van der Waals surface area contributed by atoms with E-state index in [1.807, 2.05) is 0 Å². The average molecular weight is 240 g/mol. The van der Waals surface area contributed by atoms with Gasteiger partial charge in [-0.25, -0.2) is 0 Å². The Morgan fingerprint density at radius 2 is 1.53 bits per heavy atom. The van der Waals surface area contributed by atoms with E-state index in [2.05, 4.69) is 0 Å². The number of carbonyl (C=O) groups is 1. The van der Waals surface area contributed by atoms with Gasteiger partial charge in [0.15, 0.2) is 0 Å². The molecule has 0 unspecified atom stereocenters. The van der Waals surface area contributed by atoms with E-state index in [4.69, 9.17) is 0 Å². The standard InChI is InChI=1S/C15H25FO/c16-11-1-2-12-3-5-13(6-4-12)14-7-9-15(17)10-8-14/h12-14H,1-11H2. The van der Waals surface area contributed by atoms with Gasteiger partial charge >= 0.3 is 0 Å². The highest BCUT2D eigenvalue weighted by Crippen LogP contribution is 2.40. The van der Waals surface area contributed by atoms with E-state index < -0.39 is 0 Å². The van der Waals surface area contributed by atoms with Crippen molar-refractivity contribution in [3.8, 4) is 0 Å². The highest BCUT2D eigenvalue weighted by atomic mass is 19.1. The third-order valence-electron chi connectivity index (χ3n) is 4.89. The predicted molar refractivity (Wildman–Crippen MR) is 67.6 cm³/mol. The van der Waals surface area contributed by atoms with E-state index >= 15 is 0 Å². The number of rotatable bonds is 4. The molecule has 98 valence electrons. The lowest BCUT2D eigenvalue weighted by atomic mass is 9.70. The van der Waals surface area contributed by atoms with Crippen LogP contribution in [-0.4, -0.2) is 12.5 Å². The Kier molecular flexibility index (Phi) is 4.99. The zero-order chi connectivity index (χ0) is 12.1. The first-order valence-electron chi connectivity index (χ1n) is 7.37. The molecule has 0 aromatic rings. The third kappa shape index (κ3) is 3.79. The summed E-state index contributed by atoms with van der Waals surface area (Å²) in [5.74, 6) is 2.93. The lowest BCUT2D eigenvalue weighted by molar-refractivity contribution is -0.121. The van der Waals surface area contributed by atoms with Crippen molar-refractivity contribution in [2.45, 2.75) is 64.2 Å². The summed E-state index contributed by atoms with van der Waals surface area (Å²) in [5, 5.41) is 0. The monoisotopic (exact) mass is 240 g/mol. The summed E-state index contributed by atoms with van der Waals surface area (Å²) in [7, 11) is 0. The Balaban J connectivity index is 1.69. The van der Waals surface area contributed by atoms with Gasteiger partial charge < -0.3 is 0 Å². The molecule has 0 heterocycles. The van der Waals surface area contributed by atoms with Crippen LogP contribution in [-0.2, 0) is 4.79 Å². The van der Waals surface area contributed by atoms with E-state index in [-0.39, 0.29) is 6.67 Å². The quantitative estimate of drug-likeness (QED) is 0.716. The molecule has 0 radical (unpaired) electrons. The molecule has 2 aliphatic rings. The van der Waals surface area contributed by atoms with Gasteiger partial charge in [-0.1, -0.05) is 12.8 Å². The summed E-state index contributed by atoms with van der Waals surface area (Å²) in [4.78, 5) is 11.2. The van der Waals surface area contributed by atoms with E-state index in [1.54, 1.807) is 0 Å². The molecule has 0 aromatic carbocycles. The van der Waals surface area contributed by atoms with Crippen molar-refractivity contribution in [1.82, 2.24) is 0 Å². The van der Waals surface area contributed by atoms with Gasteiger partial charge in [-0.2, -0.15) is 0 Å². The zero-order valence-corrected chi connectivity index (χ0v) is 10.8. The number of ketones is 1. The van der Waals surface area contributed by atoms with Crippen LogP contribution in [0.25, 0.3) is 0 Å². The Morgan fingerprint density at radius 3 is 2.12 bits per heavy atom. The lowest BCUT2D eigenvalue weighted by Gasteiger charge is -2.35. The van der Waals surface area contributed by atoms with Gasteiger partial charge in [-0.05, 0) is 56.3 Å². The van der Waals surface area contributed by atoms with Crippen LogP contribution in [0.4, 0.5) is 4.39 Å². The van der Waals surface area contributed by atoms with Crippen LogP contribution in [0.5, 0.6) is 0 Å². The van der Waals surface area contributed by atoms with Crippen LogP contribution in [0.3, 0.4) is 0 Å². The molecule has 0 bridgehead atoms. The van der Waals surface area contributed by atoms with Crippen LogP contribution < -0.4 is 0 Å². The van der Waals surface area contributed by atoms with Gasteiger partial charge in [0.25, 0.3) is 0 Å². The Bertz CT molecular complexity index is 233. The molecule has 0 N–H and O–H groups in total. The Morgan fingerprint density at radius 1 is 0.941 bits per heavy atom. The zero-order valence-electron chi connectivity index (χ0n) is 10.8. The summed E-state index contributed by atoms with van der Waals surface area (Å²) < 4.78 is 12.1. The minimum atomic E-state index is -0.148. The second kappa shape index (κ2) is 6.51. The van der Waals surface area contributed by atoms with Gasteiger partial charge in [0.2, 0.25) is 0 Å². The van der Waals surface area contributed by atoms with Crippen molar-refractivity contribution in [2.24, 2.45) is 17.8 Å². The summed E-state index contributed by atoms with van der Waals surface area (Å²) >= 11 is 0. The second-order valence-corrected chi connectivity index (χ2v) is 5.99. The molecule has 17 heavy (non-hydrogen) atoms. The molecular weight excluding hydrogens is 215 g/mol. The largest absolute Gasteiger partial charge is 0.300 e. The highest BCUT2D eigenvalue weighted by molar-refractivity contribution is 5.79. The molecular formula is C15H25FO. The molecule has 2 heteroatoms. The maximum absolute atomic E-state index is 12.1. The molecule has 2 aliphatic carbocycles. The fourth-order valence-corrected chi connectivity index (χ4v) is 3.75. The van der Waals surface area contributed by atoms with Gasteiger partial charge in [0, 0.05) is 12.8 Å². The van der Waals surface area contributed by atoms with Crippen molar-refractivity contribution < 1.29 is 9.18 Å². The first-order chi connectivity index (χ1) is 8.29. The average Bonchev–Trinajstić information content (AvgIpc) is 2.38. The van der Waals surface area contributed by atoms with Crippen molar-refractivity contribution >= 4 is 5.78 Å². The molecule has 0 amide bonds. The van der Waals surface area contributed by atoms with E-state index in [1.165, 1.54) is 25.7 Å². The van der Waals surface area contributed by atoms with Gasteiger partial charge in [0.1, 0.15) is 5.78 Å². The summed E-state index contributed by atoms with van der Waals surface area (Å²) in [6.07, 6.45) is 11.0. The number of alkyl halides is 1. The molecule has 2 fully saturated rings. The molecule has 2 saturated carbocycles. The molecule has 0 spiro atoms. The molecule has 2 rings (SSSR count). The fraction of sp³-hybridized carbons (Fsp3) is 0.933. The van der Waals surface area contributed by atoms with Crippen LogP contribution in [0.1, 0.15) is 64.2 Å². The predicted octanol–water partition coefficient (Wildman–Crippen LogP) is 4.30. The summed E-state index contributed by atoms with van der Waals surface area (Å²) in [5.41, 5.74) is 0. The van der Waals surface area contributed by atoms with E-state index in [9.17, 15) is 9.18 Å². The highest BCUT2D eigenvalue weighted by Gasteiger charge is 2.29. The van der Waals surface area contributed by atoms with E-state index in [0.29, 0.717) is 5.78 Å². The number of carbonyl (C=O) groups excluding carboxylic acids is 1. The topological polar surface area (TPSA) is 17.1 Å². The fourth-order valence-electron chi connectivity index (χ4n) is 3.75. The molecule has 0 atom stereocenters. The van der Waals surface area contributed by atoms with Gasteiger partial charge in [0.05, 0.1) is 6.67 Å². The smallest absolute Gasteiger partial charge is 0.132 e. The van der Waals surface area contributed by atoms with Crippen molar-refractivity contribution in [1.29, 1.82) is 0 Å². The number of Topliss-reactive ketones (excluding diaryl/α,β-unsaturated/α-hetero) is 1. The second-order valence-electron chi connectivity index (χ2n) is 5.99. The minimum absolute atomic E-state index is 0.148. The van der Waals surface area contributed by atoms with Crippen molar-refractivity contribution in [3.63, 3.8) is 0 Å². The third-order valence-corrected chi connectivity index (χ3v) is 4.89. The molecule has 0 aliphatic heterocycles. The van der Waals surface area contributed by atoms with Crippen LogP contribution in [0.2, 0.25) is 0 Å². The molecule has 0 aromatic heterocycles. The molecule has 1 nitrogen and oxygen atoms in total. The maximum atomic E-state index is 12.1. The van der Waals surface area contributed by atoms with Crippen molar-refractivity contribution in [3.05, 3.63) is 0 Å². The van der Waals surface area contributed by atoms with Crippen LogP contribution in [0, 0.1) is 17.8 Å². The normalized spacial score (nSPS) is 31.7. The number of hydrogen-bond donors (Lipinski definition) is 0. The van der Waals surface area contributed by atoms with E-state index in [0.717, 1.165) is 56.3 Å². The SMILES string of the molecule is O=C1CCC(C2CCC(CCCF)CC2)CC1. The Hall–Kier alpha value is -0.400. The minimum Gasteiger partial charge on any atom is -0.300 e. The van der Waals surface area contributed by atoms with Crippen LogP contribution in [0.15, 0.2) is 0 Å². The van der Waals surface area contributed by atoms with Gasteiger partial charge in [-0.15, -0.1) is 0 Å². The maximum Gasteiger partial charge on any atom is 0.132 e. The molecule has 0 saturated heterocycles. The lowest BCUT2D eigenvalue weighted by Crippen LogP contribution is -2.25. The van der Waals surface area contributed by atoms with Gasteiger partial charge in [-0.3, -0.25) is 9.18 Å². The number of halogens is 1. The number of hydrogen-bond acceptors (Lipinski definition) is 1. The summed E-state index contributed by atoms with van der Waals surface area (Å²) in [6, 6.07) is 0.